The molecule has 1 atom stereocenters. The zero-order valence-corrected chi connectivity index (χ0v) is 25.9. The Labute approximate surface area is 270 Å². The predicted molar refractivity (Wildman–Crippen MR) is 193 cm³/mol. The van der Waals surface area contributed by atoms with E-state index in [0.717, 1.165) is 50.5 Å². The van der Waals surface area contributed by atoms with Gasteiger partial charge in [-0.3, -0.25) is 0 Å². The van der Waals surface area contributed by atoms with E-state index in [1.807, 2.05) is 43.3 Å². The van der Waals surface area contributed by atoms with Gasteiger partial charge in [0, 0.05) is 22.4 Å². The van der Waals surface area contributed by atoms with Crippen LogP contribution in [-0.2, 0) is 0 Å². The van der Waals surface area contributed by atoms with Gasteiger partial charge in [0.2, 0.25) is 0 Å². The first-order chi connectivity index (χ1) is 22.6. The van der Waals surface area contributed by atoms with E-state index in [1.54, 1.807) is 0 Å². The van der Waals surface area contributed by atoms with Crippen LogP contribution in [0, 0.1) is 19.3 Å². The maximum absolute atomic E-state index is 5.72. The van der Waals surface area contributed by atoms with Crippen LogP contribution in [0.15, 0.2) is 146 Å². The maximum atomic E-state index is 5.72. The molecular formula is C43H33N3. The van der Waals surface area contributed by atoms with Gasteiger partial charge in [0.1, 0.15) is 0 Å². The molecule has 3 nitrogen and oxygen atoms in total. The molecule has 0 bridgehead atoms. The van der Waals surface area contributed by atoms with E-state index < -0.39 is 0 Å². The quantitative estimate of drug-likeness (QED) is 0.187. The summed E-state index contributed by atoms with van der Waals surface area (Å²) in [7, 11) is 0. The van der Waals surface area contributed by atoms with Crippen LogP contribution in [0.3, 0.4) is 0 Å². The van der Waals surface area contributed by atoms with Gasteiger partial charge in [-0.15, -0.1) is 6.42 Å². The molecule has 0 spiro atoms. The molecule has 0 aliphatic rings. The van der Waals surface area contributed by atoms with E-state index in [9.17, 15) is 0 Å². The molecule has 220 valence electrons. The van der Waals surface area contributed by atoms with Crippen molar-refractivity contribution >= 4 is 16.5 Å². The highest BCUT2D eigenvalue weighted by Crippen LogP contribution is 2.42. The second-order valence-corrected chi connectivity index (χ2v) is 11.5. The Balaban J connectivity index is 1.41. The number of nitrogens with one attached hydrogen (secondary N) is 1. The van der Waals surface area contributed by atoms with Gasteiger partial charge in [-0.05, 0) is 70.6 Å². The summed E-state index contributed by atoms with van der Waals surface area (Å²) in [6, 6.07) is 50.6. The second kappa shape index (κ2) is 12.6. The lowest BCUT2D eigenvalue weighted by molar-refractivity contribution is 1.03. The van der Waals surface area contributed by atoms with E-state index >= 15 is 0 Å². The van der Waals surface area contributed by atoms with E-state index in [1.165, 1.54) is 21.9 Å². The molecule has 46 heavy (non-hydrogen) atoms. The largest absolute Gasteiger partial charge is 0.372 e. The van der Waals surface area contributed by atoms with Crippen LogP contribution >= 0.6 is 0 Å². The Bertz CT molecular complexity index is 2150. The number of aromatic nitrogens is 2. The number of benzene rings is 6. The van der Waals surface area contributed by atoms with Crippen LogP contribution in [0.1, 0.15) is 12.5 Å². The van der Waals surface area contributed by atoms with Crippen LogP contribution in [0.2, 0.25) is 0 Å². The molecule has 1 unspecified atom stereocenters. The number of fused-ring (bicyclic) bond motifs is 1. The Morgan fingerprint density at radius 2 is 1.20 bits per heavy atom. The molecule has 0 fully saturated rings. The Hall–Kier alpha value is -5.98. The summed E-state index contributed by atoms with van der Waals surface area (Å²) in [6.07, 6.45) is 5.72. The Kier molecular flexibility index (Phi) is 7.85. The van der Waals surface area contributed by atoms with Crippen molar-refractivity contribution in [1.29, 1.82) is 0 Å². The molecule has 1 N–H and O–H groups in total. The van der Waals surface area contributed by atoms with Crippen molar-refractivity contribution in [3.63, 3.8) is 0 Å². The van der Waals surface area contributed by atoms with Crippen molar-refractivity contribution in [2.45, 2.75) is 19.9 Å². The second-order valence-electron chi connectivity index (χ2n) is 11.5. The van der Waals surface area contributed by atoms with Gasteiger partial charge in [-0.25, -0.2) is 9.97 Å². The van der Waals surface area contributed by atoms with E-state index in [-0.39, 0.29) is 6.04 Å². The summed E-state index contributed by atoms with van der Waals surface area (Å²) in [6.45, 7) is 4.16. The van der Waals surface area contributed by atoms with Crippen molar-refractivity contribution < 1.29 is 0 Å². The van der Waals surface area contributed by atoms with E-state index in [2.05, 4.69) is 127 Å². The van der Waals surface area contributed by atoms with Crippen molar-refractivity contribution in [1.82, 2.24) is 9.97 Å². The first-order valence-electron chi connectivity index (χ1n) is 15.5. The fraction of sp³-hybridized carbons (Fsp3) is 0.0698. The van der Waals surface area contributed by atoms with Crippen molar-refractivity contribution in [2.75, 3.05) is 5.32 Å². The van der Waals surface area contributed by atoms with E-state index in [4.69, 9.17) is 16.4 Å². The summed E-state index contributed by atoms with van der Waals surface area (Å²) in [4.78, 5) is 10.2. The topological polar surface area (TPSA) is 37.8 Å². The van der Waals surface area contributed by atoms with Gasteiger partial charge in [0.25, 0.3) is 0 Å². The fourth-order valence-corrected chi connectivity index (χ4v) is 6.06. The summed E-state index contributed by atoms with van der Waals surface area (Å²) in [5.74, 6) is 3.48. The summed E-state index contributed by atoms with van der Waals surface area (Å²) in [5, 5.41) is 5.88. The number of rotatable bonds is 7. The SMILES string of the molecule is C#CC(C)Nc1cccc(-c2c(-c3cccc(-c4nc(-c5ccccc5)cc(-c5ccccc5)n4)c3)ccc3ccccc23)c1C. The highest BCUT2D eigenvalue weighted by atomic mass is 14.9. The first kappa shape index (κ1) is 28.8. The number of anilines is 1. The number of terminal acetylenes is 1. The van der Waals surface area contributed by atoms with E-state index in [0.29, 0.717) is 5.82 Å². The van der Waals surface area contributed by atoms with Crippen LogP contribution in [0.4, 0.5) is 5.69 Å². The average Bonchev–Trinajstić information content (AvgIpc) is 3.12. The van der Waals surface area contributed by atoms with Crippen molar-refractivity contribution in [3.8, 4) is 68.5 Å². The average molecular weight is 592 g/mol. The maximum Gasteiger partial charge on any atom is 0.160 e. The highest BCUT2D eigenvalue weighted by molar-refractivity contribution is 6.05. The molecule has 0 amide bonds. The molecule has 7 aromatic rings. The third-order valence-corrected chi connectivity index (χ3v) is 8.45. The van der Waals surface area contributed by atoms with Crippen LogP contribution in [0.5, 0.6) is 0 Å². The van der Waals surface area contributed by atoms with Gasteiger partial charge < -0.3 is 5.32 Å². The van der Waals surface area contributed by atoms with Crippen LogP contribution < -0.4 is 5.32 Å². The van der Waals surface area contributed by atoms with Crippen molar-refractivity contribution in [3.05, 3.63) is 151 Å². The molecule has 1 aromatic heterocycles. The molecule has 7 rings (SSSR count). The fourth-order valence-electron chi connectivity index (χ4n) is 6.06. The van der Waals surface area contributed by atoms with Crippen LogP contribution in [-0.4, -0.2) is 16.0 Å². The first-order valence-corrected chi connectivity index (χ1v) is 15.5. The molecule has 0 aliphatic heterocycles. The molecule has 6 aromatic carbocycles. The Morgan fingerprint density at radius 3 is 1.89 bits per heavy atom. The standard InChI is InChI=1S/C43H33N3/c1-4-29(2)44-39-24-14-23-36(30(39)3)42-37-22-12-11-15-31(37)25-26-38(42)34-20-13-21-35(27-34)43-45-40(32-16-7-5-8-17-32)28-41(46-43)33-18-9-6-10-19-33/h1,5-29,44H,2-3H3. The smallest absolute Gasteiger partial charge is 0.160 e. The third-order valence-electron chi connectivity index (χ3n) is 8.45. The lowest BCUT2D eigenvalue weighted by Gasteiger charge is -2.20. The number of hydrogen-bond acceptors (Lipinski definition) is 3. The predicted octanol–water partition coefficient (Wildman–Crippen LogP) is 10.7. The number of nitrogens with zero attached hydrogens (tertiary/aromatic N) is 2. The minimum absolute atomic E-state index is 0.0787. The highest BCUT2D eigenvalue weighted by Gasteiger charge is 2.17. The number of hydrogen-bond donors (Lipinski definition) is 1. The van der Waals surface area contributed by atoms with Gasteiger partial charge in [0.15, 0.2) is 5.82 Å². The minimum Gasteiger partial charge on any atom is -0.372 e. The van der Waals surface area contributed by atoms with Gasteiger partial charge >= 0.3 is 0 Å². The Morgan fingerprint density at radius 1 is 0.587 bits per heavy atom. The molecule has 3 heteroatoms. The molecule has 0 aliphatic carbocycles. The summed E-state index contributed by atoms with van der Waals surface area (Å²) < 4.78 is 0. The zero-order chi connectivity index (χ0) is 31.5. The lowest BCUT2D eigenvalue weighted by Crippen LogP contribution is -2.13. The molecule has 1 heterocycles. The van der Waals surface area contributed by atoms with Gasteiger partial charge in [-0.2, -0.15) is 0 Å². The molecule has 0 radical (unpaired) electrons. The normalized spacial score (nSPS) is 11.6. The van der Waals surface area contributed by atoms with Crippen LogP contribution in [0.25, 0.3) is 66.9 Å². The van der Waals surface area contributed by atoms with Gasteiger partial charge in [0.05, 0.1) is 17.4 Å². The molecule has 0 saturated heterocycles. The summed E-state index contributed by atoms with van der Waals surface area (Å²) in [5.41, 5.74) is 11.6. The minimum atomic E-state index is -0.0787. The molecular weight excluding hydrogens is 558 g/mol. The summed E-state index contributed by atoms with van der Waals surface area (Å²) >= 11 is 0. The van der Waals surface area contributed by atoms with Crippen molar-refractivity contribution in [2.24, 2.45) is 0 Å². The van der Waals surface area contributed by atoms with Gasteiger partial charge in [-0.1, -0.05) is 133 Å². The monoisotopic (exact) mass is 591 g/mol. The third kappa shape index (κ3) is 5.65. The molecule has 0 saturated carbocycles. The zero-order valence-electron chi connectivity index (χ0n) is 25.9. The lowest BCUT2D eigenvalue weighted by atomic mass is 9.87.